The molecule has 4 heteroatoms. The molecule has 26 heavy (non-hydrogen) atoms. The molecule has 1 amide bonds. The molecular formula is C22H31NO2S. The monoisotopic (exact) mass is 373 g/mol. The maximum Gasteiger partial charge on any atom is 0.231 e. The Morgan fingerprint density at radius 2 is 1.81 bits per heavy atom. The number of carbonyl (C=O) groups excluding carboxylic acids is 1. The van der Waals surface area contributed by atoms with Crippen LogP contribution in [0.5, 0.6) is 0 Å². The van der Waals surface area contributed by atoms with Crippen LogP contribution in [0.2, 0.25) is 0 Å². The summed E-state index contributed by atoms with van der Waals surface area (Å²) >= 11 is 1.74. The van der Waals surface area contributed by atoms with Crippen LogP contribution < -0.4 is 5.32 Å². The first-order chi connectivity index (χ1) is 12.7. The molecule has 5 fully saturated rings. The second-order valence-electron chi connectivity index (χ2n) is 9.41. The normalized spacial score (nSPS) is 40.0. The largest absolute Gasteiger partial charge is 0.376 e. The fourth-order valence-corrected chi connectivity index (χ4v) is 8.16. The second kappa shape index (κ2) is 6.34. The molecule has 0 atom stereocenters. The molecule has 0 saturated heterocycles. The Labute approximate surface area is 160 Å². The highest BCUT2D eigenvalue weighted by Crippen LogP contribution is 2.59. The standard InChI is InChI=1S/C22H31NO2S/c1-25-22(17-10-15-9-16(12-17)13-18(22)11-15)14-23-20(24)21(6-2-3-7-21)19-5-4-8-26-19/h4-5,8,15-18H,2-3,6-7,9-14H2,1H3,(H,23,24). The number of ether oxygens (including phenoxy) is 1. The fraction of sp³-hybridized carbons (Fsp3) is 0.773. The van der Waals surface area contributed by atoms with E-state index in [0.717, 1.165) is 37.5 Å². The third-order valence-electron chi connectivity index (χ3n) is 8.31. The van der Waals surface area contributed by atoms with Gasteiger partial charge >= 0.3 is 0 Å². The van der Waals surface area contributed by atoms with Gasteiger partial charge < -0.3 is 10.1 Å². The smallest absolute Gasteiger partial charge is 0.231 e. The van der Waals surface area contributed by atoms with Crippen molar-refractivity contribution < 1.29 is 9.53 Å². The van der Waals surface area contributed by atoms with Gasteiger partial charge in [0.1, 0.15) is 0 Å². The van der Waals surface area contributed by atoms with Crippen LogP contribution in [0.4, 0.5) is 0 Å². The Balaban J connectivity index is 1.35. The summed E-state index contributed by atoms with van der Waals surface area (Å²) < 4.78 is 6.24. The van der Waals surface area contributed by atoms with Crippen molar-refractivity contribution in [1.82, 2.24) is 5.32 Å². The van der Waals surface area contributed by atoms with E-state index in [4.69, 9.17) is 4.74 Å². The molecule has 1 heterocycles. The summed E-state index contributed by atoms with van der Waals surface area (Å²) in [6, 6.07) is 4.24. The van der Waals surface area contributed by atoms with Gasteiger partial charge in [-0.25, -0.2) is 0 Å². The summed E-state index contributed by atoms with van der Waals surface area (Å²) in [6.07, 6.45) is 11.0. The van der Waals surface area contributed by atoms with Crippen molar-refractivity contribution in [3.8, 4) is 0 Å². The lowest BCUT2D eigenvalue weighted by atomic mass is 9.49. The molecule has 0 aromatic carbocycles. The molecule has 0 unspecified atom stereocenters. The number of hydrogen-bond acceptors (Lipinski definition) is 3. The van der Waals surface area contributed by atoms with E-state index in [-0.39, 0.29) is 16.9 Å². The fourth-order valence-electron chi connectivity index (χ4n) is 7.18. The second-order valence-corrected chi connectivity index (χ2v) is 10.4. The third-order valence-corrected chi connectivity index (χ3v) is 9.38. The van der Waals surface area contributed by atoms with Crippen LogP contribution in [0.25, 0.3) is 0 Å². The van der Waals surface area contributed by atoms with Crippen molar-refractivity contribution in [1.29, 1.82) is 0 Å². The van der Waals surface area contributed by atoms with Crippen LogP contribution >= 0.6 is 11.3 Å². The molecule has 4 bridgehead atoms. The molecule has 6 rings (SSSR count). The minimum Gasteiger partial charge on any atom is -0.376 e. The van der Waals surface area contributed by atoms with E-state index in [1.54, 1.807) is 11.3 Å². The van der Waals surface area contributed by atoms with Gasteiger partial charge in [0.2, 0.25) is 5.91 Å². The van der Waals surface area contributed by atoms with E-state index in [0.29, 0.717) is 18.4 Å². The average Bonchev–Trinajstić information content (AvgIpc) is 3.33. The summed E-state index contributed by atoms with van der Waals surface area (Å²) in [4.78, 5) is 14.7. The Hall–Kier alpha value is -0.870. The topological polar surface area (TPSA) is 38.3 Å². The molecule has 1 N–H and O–H groups in total. The molecule has 5 aliphatic rings. The summed E-state index contributed by atoms with van der Waals surface area (Å²) in [5.74, 6) is 3.38. The van der Waals surface area contributed by atoms with Crippen LogP contribution in [0.3, 0.4) is 0 Å². The van der Waals surface area contributed by atoms with Crippen molar-refractivity contribution in [2.24, 2.45) is 23.7 Å². The van der Waals surface area contributed by atoms with Crippen LogP contribution in [-0.4, -0.2) is 25.2 Å². The Morgan fingerprint density at radius 1 is 1.15 bits per heavy atom. The average molecular weight is 374 g/mol. The number of rotatable bonds is 5. The van der Waals surface area contributed by atoms with Crippen molar-refractivity contribution in [2.75, 3.05) is 13.7 Å². The number of hydrogen-bond donors (Lipinski definition) is 1. The van der Waals surface area contributed by atoms with Crippen molar-refractivity contribution in [3.63, 3.8) is 0 Å². The summed E-state index contributed by atoms with van der Waals surface area (Å²) in [5, 5.41) is 5.52. The van der Waals surface area contributed by atoms with E-state index < -0.39 is 0 Å². The Bertz CT molecular complexity index is 634. The molecule has 1 aromatic rings. The molecule has 0 aliphatic heterocycles. The predicted molar refractivity (Wildman–Crippen MR) is 104 cm³/mol. The maximum atomic E-state index is 13.4. The summed E-state index contributed by atoms with van der Waals surface area (Å²) in [6.45, 7) is 0.713. The van der Waals surface area contributed by atoms with Gasteiger partial charge in [-0.2, -0.15) is 0 Å². The zero-order valence-corrected chi connectivity index (χ0v) is 16.7. The molecule has 0 radical (unpaired) electrons. The third kappa shape index (κ3) is 2.44. The van der Waals surface area contributed by atoms with E-state index in [2.05, 4.69) is 22.8 Å². The lowest BCUT2D eigenvalue weighted by Crippen LogP contribution is -2.64. The van der Waals surface area contributed by atoms with E-state index in [9.17, 15) is 4.79 Å². The van der Waals surface area contributed by atoms with Crippen LogP contribution in [0.1, 0.15) is 62.7 Å². The molecule has 1 aromatic heterocycles. The van der Waals surface area contributed by atoms with Gasteiger partial charge in [0, 0.05) is 18.5 Å². The first-order valence-corrected chi connectivity index (χ1v) is 11.4. The number of amides is 1. The van der Waals surface area contributed by atoms with Gasteiger partial charge in [-0.05, 0) is 80.1 Å². The number of thiophene rings is 1. The summed E-state index contributed by atoms with van der Waals surface area (Å²) in [5.41, 5.74) is -0.395. The zero-order chi connectivity index (χ0) is 17.8. The van der Waals surface area contributed by atoms with Crippen molar-refractivity contribution in [2.45, 2.75) is 68.8 Å². The van der Waals surface area contributed by atoms with Gasteiger partial charge in [-0.3, -0.25) is 4.79 Å². The van der Waals surface area contributed by atoms with Gasteiger partial charge in [-0.15, -0.1) is 11.3 Å². The first-order valence-electron chi connectivity index (χ1n) is 10.5. The highest BCUT2D eigenvalue weighted by atomic mass is 32.1. The highest BCUT2D eigenvalue weighted by Gasteiger charge is 2.58. The highest BCUT2D eigenvalue weighted by molar-refractivity contribution is 7.10. The van der Waals surface area contributed by atoms with Gasteiger partial charge in [-0.1, -0.05) is 18.9 Å². The lowest BCUT2D eigenvalue weighted by Gasteiger charge is -2.60. The number of carbonyl (C=O) groups is 1. The zero-order valence-electron chi connectivity index (χ0n) is 15.8. The lowest BCUT2D eigenvalue weighted by molar-refractivity contribution is -0.188. The SMILES string of the molecule is COC1(CNC(=O)C2(c3cccs3)CCCC2)C2CC3CC(C2)CC1C3. The maximum absolute atomic E-state index is 13.4. The number of nitrogens with one attached hydrogen (secondary N) is 1. The molecule has 5 aliphatic carbocycles. The molecule has 0 spiro atoms. The minimum absolute atomic E-state index is 0.113. The Morgan fingerprint density at radius 3 is 2.35 bits per heavy atom. The molecule has 5 saturated carbocycles. The molecule has 3 nitrogen and oxygen atoms in total. The van der Waals surface area contributed by atoms with Crippen LogP contribution in [-0.2, 0) is 14.9 Å². The first kappa shape index (κ1) is 17.2. The van der Waals surface area contributed by atoms with Crippen LogP contribution in [0, 0.1) is 23.7 Å². The number of methoxy groups -OCH3 is 1. The van der Waals surface area contributed by atoms with Crippen LogP contribution in [0.15, 0.2) is 17.5 Å². The molecular weight excluding hydrogens is 342 g/mol. The predicted octanol–water partition coefficient (Wildman–Crippen LogP) is 4.52. The van der Waals surface area contributed by atoms with E-state index in [1.807, 2.05) is 7.11 Å². The van der Waals surface area contributed by atoms with E-state index in [1.165, 1.54) is 37.0 Å². The molecule has 142 valence electrons. The quantitative estimate of drug-likeness (QED) is 0.824. The van der Waals surface area contributed by atoms with Gasteiger partial charge in [0.15, 0.2) is 0 Å². The van der Waals surface area contributed by atoms with Crippen molar-refractivity contribution >= 4 is 17.2 Å². The Kier molecular flexibility index (Phi) is 4.20. The van der Waals surface area contributed by atoms with Crippen molar-refractivity contribution in [3.05, 3.63) is 22.4 Å². The van der Waals surface area contributed by atoms with E-state index >= 15 is 0 Å². The summed E-state index contributed by atoms with van der Waals surface area (Å²) in [7, 11) is 1.89. The van der Waals surface area contributed by atoms with Gasteiger partial charge in [0.25, 0.3) is 0 Å². The van der Waals surface area contributed by atoms with Gasteiger partial charge in [0.05, 0.1) is 11.0 Å². The minimum atomic E-state index is -0.283.